The van der Waals surface area contributed by atoms with E-state index < -0.39 is 22.6 Å². The number of anilines is 1. The molecule has 0 saturated heterocycles. The molecule has 0 bridgehead atoms. The van der Waals surface area contributed by atoms with Crippen molar-refractivity contribution in [1.29, 1.82) is 0 Å². The van der Waals surface area contributed by atoms with Crippen LogP contribution in [-0.4, -0.2) is 11.1 Å². The second-order valence-corrected chi connectivity index (χ2v) is 9.43. The van der Waals surface area contributed by atoms with Crippen LogP contribution in [0.1, 0.15) is 45.7 Å². The Bertz CT molecular complexity index is 918. The van der Waals surface area contributed by atoms with Crippen molar-refractivity contribution in [2.75, 3.05) is 5.32 Å². The Morgan fingerprint density at radius 2 is 1.90 bits per heavy atom. The van der Waals surface area contributed by atoms with Crippen molar-refractivity contribution in [2.45, 2.75) is 40.2 Å². The first-order valence-electron chi connectivity index (χ1n) is 8.85. The van der Waals surface area contributed by atoms with Crippen molar-refractivity contribution >= 4 is 57.9 Å². The fraction of sp³-hybridized carbons (Fsp3) is 0.350. The van der Waals surface area contributed by atoms with Crippen molar-refractivity contribution < 1.29 is 13.7 Å². The van der Waals surface area contributed by atoms with Gasteiger partial charge in [-0.1, -0.05) is 55.2 Å². The van der Waals surface area contributed by atoms with Gasteiger partial charge in [-0.25, -0.2) is 13.2 Å². The normalized spacial score (nSPS) is 12.3. The SMILES string of the molecule is CC(C)(C)C.O=[N+]([O-])c1ccc(Cl)cc1NC(C/C=N/S)c1c(Br)ccc(F)c1F. The van der Waals surface area contributed by atoms with Gasteiger partial charge in [0.25, 0.3) is 5.69 Å². The summed E-state index contributed by atoms with van der Waals surface area (Å²) in [7, 11) is 0. The van der Waals surface area contributed by atoms with Crippen LogP contribution in [0.3, 0.4) is 0 Å². The molecule has 0 saturated carbocycles. The molecule has 1 unspecified atom stereocenters. The molecule has 0 aliphatic rings. The lowest BCUT2D eigenvalue weighted by atomic mass is 10.0. The maximum atomic E-state index is 14.3. The van der Waals surface area contributed by atoms with Crippen molar-refractivity contribution in [1.82, 2.24) is 0 Å². The number of nitrogens with one attached hydrogen (secondary N) is 1. The molecule has 10 heteroatoms. The summed E-state index contributed by atoms with van der Waals surface area (Å²) in [5, 5.41) is 14.3. The van der Waals surface area contributed by atoms with Crippen LogP contribution < -0.4 is 5.32 Å². The summed E-state index contributed by atoms with van der Waals surface area (Å²) >= 11 is 12.8. The highest BCUT2D eigenvalue weighted by molar-refractivity contribution is 9.10. The van der Waals surface area contributed by atoms with Crippen LogP contribution in [0.15, 0.2) is 39.2 Å². The summed E-state index contributed by atoms with van der Waals surface area (Å²) in [5.41, 5.74) is 0.304. The summed E-state index contributed by atoms with van der Waals surface area (Å²) < 4.78 is 31.8. The van der Waals surface area contributed by atoms with Gasteiger partial charge >= 0.3 is 0 Å². The van der Waals surface area contributed by atoms with Gasteiger partial charge in [0.05, 0.1) is 11.0 Å². The highest BCUT2D eigenvalue weighted by Crippen LogP contribution is 2.35. The first-order chi connectivity index (χ1) is 13.8. The minimum absolute atomic E-state index is 0.0255. The summed E-state index contributed by atoms with van der Waals surface area (Å²) in [6, 6.07) is 5.42. The molecule has 2 aromatic rings. The Morgan fingerprint density at radius 3 is 2.43 bits per heavy atom. The Balaban J connectivity index is 0.000000804. The van der Waals surface area contributed by atoms with Crippen molar-refractivity contribution in [3.8, 4) is 0 Å². The lowest BCUT2D eigenvalue weighted by Crippen LogP contribution is -2.15. The third-order valence-electron chi connectivity index (χ3n) is 3.34. The third kappa shape index (κ3) is 8.57. The van der Waals surface area contributed by atoms with E-state index in [9.17, 15) is 18.9 Å². The molecule has 0 radical (unpaired) electrons. The van der Waals surface area contributed by atoms with Crippen LogP contribution in [0.5, 0.6) is 0 Å². The number of rotatable bonds is 6. The lowest BCUT2D eigenvalue weighted by Gasteiger charge is -2.21. The van der Waals surface area contributed by atoms with Gasteiger partial charge in [-0.15, -0.1) is 0 Å². The van der Waals surface area contributed by atoms with Gasteiger partial charge < -0.3 is 5.32 Å². The van der Waals surface area contributed by atoms with Crippen LogP contribution in [0.2, 0.25) is 5.02 Å². The number of nitro benzene ring substituents is 1. The largest absolute Gasteiger partial charge is 0.372 e. The summed E-state index contributed by atoms with van der Waals surface area (Å²) in [6.45, 7) is 8.75. The van der Waals surface area contributed by atoms with Crippen LogP contribution in [0.25, 0.3) is 0 Å². The molecule has 164 valence electrons. The molecule has 2 aromatic carbocycles. The molecule has 0 heterocycles. The standard InChI is InChI=1S/C15H11BrClF2N3O2S.C5H12/c16-9-2-3-10(18)15(19)14(9)11(5-6-20-25)21-12-7-8(17)1-4-13(12)22(23)24;1-5(2,3)4/h1-4,6-7,11,21,25H,5H2;1-4H3/b20-6+;. The van der Waals surface area contributed by atoms with Gasteiger partial charge in [-0.05, 0) is 42.5 Å². The summed E-state index contributed by atoms with van der Waals surface area (Å²) in [6.07, 6.45) is 1.47. The number of nitro groups is 1. The molecule has 0 aromatic heterocycles. The van der Waals surface area contributed by atoms with Gasteiger partial charge in [0.1, 0.15) is 5.69 Å². The Labute approximate surface area is 193 Å². The zero-order valence-corrected chi connectivity index (χ0v) is 20.2. The average molecular weight is 523 g/mol. The molecule has 0 aliphatic carbocycles. The van der Waals surface area contributed by atoms with Crippen LogP contribution in [0.4, 0.5) is 20.2 Å². The molecule has 5 nitrogen and oxygen atoms in total. The smallest absolute Gasteiger partial charge is 0.292 e. The quantitative estimate of drug-likeness (QED) is 0.134. The van der Waals surface area contributed by atoms with Gasteiger partial charge in [-0.2, -0.15) is 0 Å². The minimum atomic E-state index is -1.07. The van der Waals surface area contributed by atoms with Gasteiger partial charge in [0.15, 0.2) is 11.6 Å². The average Bonchev–Trinajstić information content (AvgIpc) is 2.61. The number of hydrogen-bond acceptors (Lipinski definition) is 5. The van der Waals surface area contributed by atoms with E-state index in [1.807, 2.05) is 0 Å². The zero-order valence-electron chi connectivity index (χ0n) is 16.9. The molecule has 1 atom stereocenters. The first kappa shape index (κ1) is 26.3. The fourth-order valence-corrected chi connectivity index (χ4v) is 3.08. The number of benzene rings is 2. The molecular weight excluding hydrogens is 500 g/mol. The molecule has 0 spiro atoms. The Morgan fingerprint density at radius 1 is 1.30 bits per heavy atom. The van der Waals surface area contributed by atoms with E-state index >= 15 is 0 Å². The highest BCUT2D eigenvalue weighted by atomic mass is 79.9. The van der Waals surface area contributed by atoms with E-state index in [1.165, 1.54) is 30.5 Å². The topological polar surface area (TPSA) is 67.5 Å². The number of hydrogen-bond donors (Lipinski definition) is 2. The highest BCUT2D eigenvalue weighted by Gasteiger charge is 2.24. The lowest BCUT2D eigenvalue weighted by molar-refractivity contribution is -0.384. The molecule has 30 heavy (non-hydrogen) atoms. The predicted octanol–water partition coefficient (Wildman–Crippen LogP) is 7.80. The van der Waals surface area contributed by atoms with Gasteiger partial charge in [0, 0.05) is 33.8 Å². The maximum absolute atomic E-state index is 14.3. The Kier molecular flexibility index (Phi) is 10.2. The molecule has 1 N–H and O–H groups in total. The van der Waals surface area contributed by atoms with Gasteiger partial charge in [0.2, 0.25) is 0 Å². The zero-order chi connectivity index (χ0) is 23.1. The van der Waals surface area contributed by atoms with Crippen molar-refractivity contribution in [3.05, 3.63) is 67.1 Å². The van der Waals surface area contributed by atoms with Crippen LogP contribution >= 0.6 is 40.3 Å². The van der Waals surface area contributed by atoms with Crippen LogP contribution in [0, 0.1) is 27.2 Å². The van der Waals surface area contributed by atoms with E-state index in [0.717, 1.165) is 6.07 Å². The van der Waals surface area contributed by atoms with E-state index in [2.05, 4.69) is 66.2 Å². The van der Waals surface area contributed by atoms with E-state index in [-0.39, 0.29) is 28.4 Å². The number of halogens is 4. The Hall–Kier alpha value is -1.71. The second kappa shape index (κ2) is 11.6. The predicted molar refractivity (Wildman–Crippen MR) is 126 cm³/mol. The second-order valence-electron chi connectivity index (χ2n) is 7.91. The maximum Gasteiger partial charge on any atom is 0.292 e. The van der Waals surface area contributed by atoms with Crippen molar-refractivity contribution in [2.24, 2.45) is 9.81 Å². The molecule has 0 fully saturated rings. The van der Waals surface area contributed by atoms with Crippen LogP contribution in [-0.2, 0) is 0 Å². The summed E-state index contributed by atoms with van der Waals surface area (Å²) in [4.78, 5) is 10.6. The molecule has 0 amide bonds. The molecule has 2 rings (SSSR count). The first-order valence-corrected chi connectivity index (χ1v) is 10.4. The third-order valence-corrected chi connectivity index (χ3v) is 4.43. The summed E-state index contributed by atoms with van der Waals surface area (Å²) in [5.74, 6) is -2.10. The van der Waals surface area contributed by atoms with E-state index in [0.29, 0.717) is 9.89 Å². The van der Waals surface area contributed by atoms with Gasteiger partial charge in [-0.3, -0.25) is 10.1 Å². The minimum Gasteiger partial charge on any atom is -0.372 e. The van der Waals surface area contributed by atoms with E-state index in [1.54, 1.807) is 0 Å². The van der Waals surface area contributed by atoms with Crippen molar-refractivity contribution in [3.63, 3.8) is 0 Å². The molecule has 0 aliphatic heterocycles. The number of nitrogens with zero attached hydrogens (tertiary/aromatic N) is 2. The monoisotopic (exact) mass is 521 g/mol. The van der Waals surface area contributed by atoms with E-state index in [4.69, 9.17) is 11.6 Å². The molecular formula is C20H23BrClF2N3O2S. The fourth-order valence-electron chi connectivity index (χ4n) is 2.23. The number of thiol groups is 1.